The highest BCUT2D eigenvalue weighted by Crippen LogP contribution is 2.23. The second kappa shape index (κ2) is 8.75. The average Bonchev–Trinajstić information content (AvgIpc) is 2.64. The molecule has 0 heterocycles. The van der Waals surface area contributed by atoms with Gasteiger partial charge in [0, 0.05) is 21.4 Å². The highest BCUT2D eigenvalue weighted by Gasteiger charge is 2.04. The fourth-order valence-electron chi connectivity index (χ4n) is 2.36. The van der Waals surface area contributed by atoms with Crippen LogP contribution < -0.4 is 5.32 Å². The summed E-state index contributed by atoms with van der Waals surface area (Å²) in [5.41, 5.74) is 2.98. The van der Waals surface area contributed by atoms with Gasteiger partial charge >= 0.3 is 0 Å². The second-order valence-electron chi connectivity index (χ2n) is 5.65. The minimum atomic E-state index is -0.0336. The summed E-state index contributed by atoms with van der Waals surface area (Å²) in [6.45, 7) is 0. The van der Waals surface area contributed by atoms with Gasteiger partial charge in [-0.1, -0.05) is 54.1 Å². The van der Waals surface area contributed by atoms with Crippen molar-refractivity contribution in [1.29, 1.82) is 0 Å². The van der Waals surface area contributed by atoms with Crippen molar-refractivity contribution in [2.45, 2.75) is 17.1 Å². The maximum Gasteiger partial charge on any atom is 0.228 e. The third-order valence-electron chi connectivity index (χ3n) is 3.66. The lowest BCUT2D eigenvalue weighted by atomic mass is 10.1. The van der Waals surface area contributed by atoms with E-state index in [2.05, 4.69) is 17.4 Å². The molecule has 4 heteroatoms. The minimum Gasteiger partial charge on any atom is -0.326 e. The molecule has 0 spiro atoms. The fraction of sp³-hybridized carbons (Fsp3) is 0.0952. The first-order valence-electron chi connectivity index (χ1n) is 8.00. The number of anilines is 1. The maximum absolute atomic E-state index is 12.1. The van der Waals surface area contributed by atoms with Crippen LogP contribution in [-0.2, 0) is 17.0 Å². The zero-order valence-corrected chi connectivity index (χ0v) is 15.2. The Morgan fingerprint density at radius 1 is 0.840 bits per heavy atom. The van der Waals surface area contributed by atoms with Gasteiger partial charge in [0.2, 0.25) is 5.91 Å². The molecule has 0 aliphatic carbocycles. The number of hydrogen-bond acceptors (Lipinski definition) is 2. The zero-order valence-electron chi connectivity index (χ0n) is 13.6. The Morgan fingerprint density at radius 2 is 1.48 bits per heavy atom. The van der Waals surface area contributed by atoms with Crippen molar-refractivity contribution in [3.05, 3.63) is 95.0 Å². The molecular weight excluding hydrogens is 350 g/mol. The Bertz CT molecular complexity index is 817. The van der Waals surface area contributed by atoms with Gasteiger partial charge < -0.3 is 5.32 Å². The van der Waals surface area contributed by atoms with Gasteiger partial charge in [0.25, 0.3) is 0 Å². The molecule has 0 atom stereocenters. The average molecular weight is 368 g/mol. The van der Waals surface area contributed by atoms with Crippen LogP contribution in [0.15, 0.2) is 83.8 Å². The summed E-state index contributed by atoms with van der Waals surface area (Å²) in [6.07, 6.45) is 0.336. The van der Waals surface area contributed by atoms with Crippen molar-refractivity contribution in [2.75, 3.05) is 5.32 Å². The van der Waals surface area contributed by atoms with E-state index in [-0.39, 0.29) is 5.91 Å². The predicted molar refractivity (Wildman–Crippen MR) is 106 cm³/mol. The molecule has 0 aliphatic rings. The van der Waals surface area contributed by atoms with Crippen molar-refractivity contribution in [1.82, 2.24) is 0 Å². The Hall–Kier alpha value is -2.23. The highest BCUT2D eigenvalue weighted by atomic mass is 35.5. The molecule has 1 N–H and O–H groups in total. The topological polar surface area (TPSA) is 29.1 Å². The van der Waals surface area contributed by atoms with E-state index in [1.165, 1.54) is 10.5 Å². The molecular formula is C21H18ClNOS. The van der Waals surface area contributed by atoms with Gasteiger partial charge in [-0.05, 0) is 47.5 Å². The van der Waals surface area contributed by atoms with E-state index in [0.717, 1.165) is 17.0 Å². The predicted octanol–water partition coefficient (Wildman–Crippen LogP) is 5.81. The molecule has 25 heavy (non-hydrogen) atoms. The van der Waals surface area contributed by atoms with Crippen molar-refractivity contribution in [3.63, 3.8) is 0 Å². The molecule has 3 rings (SSSR count). The van der Waals surface area contributed by atoms with Gasteiger partial charge in [-0.15, -0.1) is 11.8 Å². The van der Waals surface area contributed by atoms with Gasteiger partial charge in [0.05, 0.1) is 6.42 Å². The number of benzene rings is 3. The lowest BCUT2D eigenvalue weighted by Crippen LogP contribution is -2.14. The van der Waals surface area contributed by atoms with Crippen LogP contribution >= 0.6 is 23.4 Å². The van der Waals surface area contributed by atoms with E-state index in [4.69, 9.17) is 11.6 Å². The number of carbonyl (C=O) groups is 1. The molecule has 0 saturated heterocycles. The third-order valence-corrected chi connectivity index (χ3v) is 5.00. The second-order valence-corrected chi connectivity index (χ2v) is 7.14. The lowest BCUT2D eigenvalue weighted by Gasteiger charge is -2.07. The van der Waals surface area contributed by atoms with Gasteiger partial charge in [-0.2, -0.15) is 0 Å². The number of thioether (sulfide) groups is 1. The zero-order chi connectivity index (χ0) is 17.5. The standard InChI is InChI=1S/C21H18ClNOS/c22-18-10-6-16(7-11-18)14-21(24)23-19-12-8-17(9-13-19)15-25-20-4-2-1-3-5-20/h1-13H,14-15H2,(H,23,24). The van der Waals surface area contributed by atoms with E-state index in [9.17, 15) is 4.79 Å². The van der Waals surface area contributed by atoms with E-state index in [1.54, 1.807) is 23.9 Å². The largest absolute Gasteiger partial charge is 0.326 e. The van der Waals surface area contributed by atoms with E-state index < -0.39 is 0 Å². The molecule has 0 radical (unpaired) electrons. The Kier molecular flexibility index (Phi) is 6.15. The Balaban J connectivity index is 1.51. The van der Waals surface area contributed by atoms with E-state index >= 15 is 0 Å². The number of carbonyl (C=O) groups excluding carboxylic acids is 1. The van der Waals surface area contributed by atoms with Gasteiger partial charge in [-0.25, -0.2) is 0 Å². The van der Waals surface area contributed by atoms with Crippen LogP contribution in [0.3, 0.4) is 0 Å². The van der Waals surface area contributed by atoms with Crippen LogP contribution in [0.1, 0.15) is 11.1 Å². The van der Waals surface area contributed by atoms with Crippen LogP contribution in [0.5, 0.6) is 0 Å². The first-order valence-corrected chi connectivity index (χ1v) is 9.36. The first kappa shape index (κ1) is 17.6. The van der Waals surface area contributed by atoms with Crippen molar-refractivity contribution in [2.24, 2.45) is 0 Å². The number of nitrogens with one attached hydrogen (secondary N) is 1. The molecule has 0 aromatic heterocycles. The fourth-order valence-corrected chi connectivity index (χ4v) is 3.36. The summed E-state index contributed by atoms with van der Waals surface area (Å²) >= 11 is 7.65. The quantitative estimate of drug-likeness (QED) is 0.556. The SMILES string of the molecule is O=C(Cc1ccc(Cl)cc1)Nc1ccc(CSc2ccccc2)cc1. The Morgan fingerprint density at radius 3 is 2.16 bits per heavy atom. The molecule has 0 aliphatic heterocycles. The molecule has 1 amide bonds. The molecule has 0 saturated carbocycles. The number of amides is 1. The van der Waals surface area contributed by atoms with E-state index in [0.29, 0.717) is 11.4 Å². The maximum atomic E-state index is 12.1. The molecule has 0 fully saturated rings. The Labute approximate surface area is 157 Å². The number of rotatable bonds is 6. The summed E-state index contributed by atoms with van der Waals surface area (Å²) in [5, 5.41) is 3.60. The normalized spacial score (nSPS) is 10.4. The summed E-state index contributed by atoms with van der Waals surface area (Å²) in [5.74, 6) is 0.872. The monoisotopic (exact) mass is 367 g/mol. The highest BCUT2D eigenvalue weighted by molar-refractivity contribution is 7.98. The number of hydrogen-bond donors (Lipinski definition) is 1. The van der Waals surface area contributed by atoms with Crippen molar-refractivity contribution < 1.29 is 4.79 Å². The first-order chi connectivity index (χ1) is 12.2. The lowest BCUT2D eigenvalue weighted by molar-refractivity contribution is -0.115. The number of halogens is 1. The van der Waals surface area contributed by atoms with Gasteiger partial charge in [0.15, 0.2) is 0 Å². The van der Waals surface area contributed by atoms with Crippen LogP contribution in [0, 0.1) is 0 Å². The smallest absolute Gasteiger partial charge is 0.228 e. The van der Waals surface area contributed by atoms with Crippen LogP contribution in [0.4, 0.5) is 5.69 Å². The van der Waals surface area contributed by atoms with E-state index in [1.807, 2.05) is 54.6 Å². The summed E-state index contributed by atoms with van der Waals surface area (Å²) < 4.78 is 0. The molecule has 3 aromatic rings. The summed E-state index contributed by atoms with van der Waals surface area (Å²) in [7, 11) is 0. The minimum absolute atomic E-state index is 0.0336. The summed E-state index contributed by atoms with van der Waals surface area (Å²) in [4.78, 5) is 13.4. The molecule has 0 bridgehead atoms. The molecule has 126 valence electrons. The van der Waals surface area contributed by atoms with Crippen molar-refractivity contribution >= 4 is 35.0 Å². The van der Waals surface area contributed by atoms with Crippen LogP contribution in [0.25, 0.3) is 0 Å². The third kappa shape index (κ3) is 5.66. The molecule has 3 aromatic carbocycles. The molecule has 0 unspecified atom stereocenters. The van der Waals surface area contributed by atoms with Crippen LogP contribution in [0.2, 0.25) is 5.02 Å². The summed E-state index contributed by atoms with van der Waals surface area (Å²) in [6, 6.07) is 25.6. The van der Waals surface area contributed by atoms with Gasteiger partial charge in [0.1, 0.15) is 0 Å². The van der Waals surface area contributed by atoms with Gasteiger partial charge in [-0.3, -0.25) is 4.79 Å². The van der Waals surface area contributed by atoms with Crippen LogP contribution in [-0.4, -0.2) is 5.91 Å². The molecule has 2 nitrogen and oxygen atoms in total. The van der Waals surface area contributed by atoms with Crippen molar-refractivity contribution in [3.8, 4) is 0 Å².